The van der Waals surface area contributed by atoms with Gasteiger partial charge < -0.3 is 20.3 Å². The predicted octanol–water partition coefficient (Wildman–Crippen LogP) is 3.34. The molecule has 0 atom stereocenters. The number of nitrogens with zero attached hydrogens (tertiary/aromatic N) is 1. The topological polar surface area (TPSA) is 70.7 Å². The number of ether oxygens (including phenoxy) is 1. The van der Waals surface area contributed by atoms with Crippen molar-refractivity contribution in [1.82, 2.24) is 15.5 Å². The third-order valence-corrected chi connectivity index (χ3v) is 5.56. The van der Waals surface area contributed by atoms with Crippen LogP contribution in [0.15, 0.2) is 54.6 Å². The first-order valence-electron chi connectivity index (χ1n) is 10.2. The number of rotatable bonds is 7. The van der Waals surface area contributed by atoms with E-state index >= 15 is 0 Å². The zero-order valence-corrected chi connectivity index (χ0v) is 17.2. The fraction of sp³-hybridized carbons (Fsp3) is 0.391. The van der Waals surface area contributed by atoms with Gasteiger partial charge in [-0.15, -0.1) is 0 Å². The van der Waals surface area contributed by atoms with E-state index in [1.54, 1.807) is 36.3 Å². The van der Waals surface area contributed by atoms with Crippen molar-refractivity contribution in [3.05, 3.63) is 71.5 Å². The number of piperidine rings is 1. The van der Waals surface area contributed by atoms with Crippen LogP contribution in [-0.2, 0) is 11.3 Å². The molecule has 1 aliphatic heterocycles. The SMILES string of the molecule is COCCC1(NC(=O)c2ccccc2)CCN(C(=O)NCc2ccc(F)cc2)CC1. The fourth-order valence-electron chi connectivity index (χ4n) is 3.67. The molecule has 0 aromatic heterocycles. The maximum absolute atomic E-state index is 13.0. The highest BCUT2D eigenvalue weighted by atomic mass is 19.1. The number of amides is 3. The molecule has 0 bridgehead atoms. The lowest BCUT2D eigenvalue weighted by Gasteiger charge is -2.42. The van der Waals surface area contributed by atoms with Crippen LogP contribution in [0.3, 0.4) is 0 Å². The Balaban J connectivity index is 1.56. The fourth-order valence-corrected chi connectivity index (χ4v) is 3.67. The first kappa shape index (κ1) is 21.8. The van der Waals surface area contributed by atoms with Crippen molar-refractivity contribution in [2.24, 2.45) is 0 Å². The summed E-state index contributed by atoms with van der Waals surface area (Å²) in [5.74, 6) is -0.410. The molecule has 30 heavy (non-hydrogen) atoms. The quantitative estimate of drug-likeness (QED) is 0.732. The van der Waals surface area contributed by atoms with Gasteiger partial charge in [0.25, 0.3) is 5.91 Å². The van der Waals surface area contributed by atoms with Crippen LogP contribution in [0.4, 0.5) is 9.18 Å². The Bertz CT molecular complexity index is 835. The lowest BCUT2D eigenvalue weighted by molar-refractivity contribution is 0.0745. The number of carbonyl (C=O) groups excluding carboxylic acids is 2. The molecule has 0 radical (unpaired) electrons. The van der Waals surface area contributed by atoms with Crippen LogP contribution in [0, 0.1) is 5.82 Å². The summed E-state index contributed by atoms with van der Waals surface area (Å²) in [5, 5.41) is 6.07. The van der Waals surface area contributed by atoms with Crippen molar-refractivity contribution in [2.45, 2.75) is 31.3 Å². The molecular weight excluding hydrogens is 385 g/mol. The summed E-state index contributed by atoms with van der Waals surface area (Å²) in [5.41, 5.74) is 1.05. The number of halogens is 1. The zero-order valence-electron chi connectivity index (χ0n) is 17.2. The number of methoxy groups -OCH3 is 1. The molecule has 7 heteroatoms. The Labute approximate surface area is 176 Å². The average Bonchev–Trinajstić information content (AvgIpc) is 2.78. The first-order valence-corrected chi connectivity index (χ1v) is 10.2. The summed E-state index contributed by atoms with van der Waals surface area (Å²) < 4.78 is 18.3. The first-order chi connectivity index (χ1) is 14.5. The van der Waals surface area contributed by atoms with Crippen molar-refractivity contribution in [3.63, 3.8) is 0 Å². The third kappa shape index (κ3) is 5.79. The highest BCUT2D eigenvalue weighted by molar-refractivity contribution is 5.94. The summed E-state index contributed by atoms with van der Waals surface area (Å²) >= 11 is 0. The molecule has 0 saturated carbocycles. The maximum atomic E-state index is 13.0. The summed E-state index contributed by atoms with van der Waals surface area (Å²) in [6.45, 7) is 1.95. The van der Waals surface area contributed by atoms with Gasteiger partial charge in [0.05, 0.1) is 0 Å². The van der Waals surface area contributed by atoms with E-state index in [-0.39, 0.29) is 17.8 Å². The molecule has 0 unspecified atom stereocenters. The van der Waals surface area contributed by atoms with Crippen LogP contribution >= 0.6 is 0 Å². The highest BCUT2D eigenvalue weighted by Gasteiger charge is 2.37. The van der Waals surface area contributed by atoms with Gasteiger partial charge in [0.15, 0.2) is 0 Å². The Morgan fingerprint density at radius 1 is 1.07 bits per heavy atom. The molecule has 2 aromatic carbocycles. The minimum absolute atomic E-state index is 0.110. The molecular formula is C23H28FN3O3. The lowest BCUT2D eigenvalue weighted by atomic mass is 9.84. The van der Waals surface area contributed by atoms with E-state index in [9.17, 15) is 14.0 Å². The van der Waals surface area contributed by atoms with Gasteiger partial charge in [-0.25, -0.2) is 9.18 Å². The highest BCUT2D eigenvalue weighted by Crippen LogP contribution is 2.27. The summed E-state index contributed by atoms with van der Waals surface area (Å²) in [6.07, 6.45) is 1.99. The van der Waals surface area contributed by atoms with E-state index in [2.05, 4.69) is 10.6 Å². The molecule has 2 N–H and O–H groups in total. The van der Waals surface area contributed by atoms with E-state index in [4.69, 9.17) is 4.74 Å². The zero-order chi connectivity index (χ0) is 21.4. The number of urea groups is 1. The van der Waals surface area contributed by atoms with E-state index in [1.165, 1.54) is 12.1 Å². The van der Waals surface area contributed by atoms with Gasteiger partial charge in [-0.05, 0) is 49.1 Å². The van der Waals surface area contributed by atoms with Crippen LogP contribution in [-0.4, -0.2) is 49.2 Å². The number of hydrogen-bond acceptors (Lipinski definition) is 3. The second kappa shape index (κ2) is 10.2. The maximum Gasteiger partial charge on any atom is 0.317 e. The van der Waals surface area contributed by atoms with E-state index < -0.39 is 5.54 Å². The Hall–Kier alpha value is -2.93. The third-order valence-electron chi connectivity index (χ3n) is 5.56. The Morgan fingerprint density at radius 3 is 2.37 bits per heavy atom. The van der Waals surface area contributed by atoms with Crippen molar-refractivity contribution in [2.75, 3.05) is 26.8 Å². The van der Waals surface area contributed by atoms with Crippen molar-refractivity contribution < 1.29 is 18.7 Å². The van der Waals surface area contributed by atoms with Crippen molar-refractivity contribution in [3.8, 4) is 0 Å². The molecule has 1 aliphatic rings. The normalized spacial score (nSPS) is 15.5. The summed E-state index contributed by atoms with van der Waals surface area (Å²) in [7, 11) is 1.64. The van der Waals surface area contributed by atoms with Gasteiger partial charge in [-0.1, -0.05) is 30.3 Å². The molecule has 3 amide bonds. The van der Waals surface area contributed by atoms with Gasteiger partial charge in [0, 0.05) is 44.5 Å². The smallest absolute Gasteiger partial charge is 0.317 e. The van der Waals surface area contributed by atoms with Gasteiger partial charge >= 0.3 is 6.03 Å². The average molecular weight is 413 g/mol. The largest absolute Gasteiger partial charge is 0.385 e. The molecule has 1 saturated heterocycles. The Morgan fingerprint density at radius 2 is 1.73 bits per heavy atom. The number of likely N-dealkylation sites (tertiary alicyclic amines) is 1. The van der Waals surface area contributed by atoms with Crippen molar-refractivity contribution >= 4 is 11.9 Å². The number of carbonyl (C=O) groups is 2. The minimum Gasteiger partial charge on any atom is -0.385 e. The van der Waals surface area contributed by atoms with Crippen molar-refractivity contribution in [1.29, 1.82) is 0 Å². The van der Waals surface area contributed by atoms with Gasteiger partial charge in [-0.2, -0.15) is 0 Å². The standard InChI is InChI=1S/C23H28FN3O3/c1-30-16-13-23(26-21(28)19-5-3-2-4-6-19)11-14-27(15-12-23)22(29)25-17-18-7-9-20(24)10-8-18/h2-10H,11-17H2,1H3,(H,25,29)(H,26,28). The van der Waals surface area contributed by atoms with Crippen LogP contribution in [0.1, 0.15) is 35.2 Å². The molecule has 0 spiro atoms. The molecule has 0 aliphatic carbocycles. The van der Waals surface area contributed by atoms with E-state index in [1.807, 2.05) is 18.2 Å². The number of nitrogens with one attached hydrogen (secondary N) is 2. The molecule has 2 aromatic rings. The van der Waals surface area contributed by atoms with Crippen LogP contribution in [0.5, 0.6) is 0 Å². The molecule has 6 nitrogen and oxygen atoms in total. The van der Waals surface area contributed by atoms with Crippen LogP contribution < -0.4 is 10.6 Å². The van der Waals surface area contributed by atoms with Crippen LogP contribution in [0.25, 0.3) is 0 Å². The van der Waals surface area contributed by atoms with Gasteiger partial charge in [-0.3, -0.25) is 4.79 Å². The molecule has 1 fully saturated rings. The molecule has 160 valence electrons. The molecule has 1 heterocycles. The van der Waals surface area contributed by atoms with E-state index in [0.717, 1.165) is 5.56 Å². The second-order valence-corrected chi connectivity index (χ2v) is 7.62. The van der Waals surface area contributed by atoms with Gasteiger partial charge in [0.2, 0.25) is 0 Å². The number of benzene rings is 2. The lowest BCUT2D eigenvalue weighted by Crippen LogP contribution is -2.57. The number of hydrogen-bond donors (Lipinski definition) is 2. The Kier molecular flexibility index (Phi) is 7.41. The summed E-state index contributed by atoms with van der Waals surface area (Å²) in [6, 6.07) is 15.0. The second-order valence-electron chi connectivity index (χ2n) is 7.62. The van der Waals surface area contributed by atoms with E-state index in [0.29, 0.717) is 51.1 Å². The molecule has 3 rings (SSSR count). The van der Waals surface area contributed by atoms with Crippen LogP contribution in [0.2, 0.25) is 0 Å². The monoisotopic (exact) mass is 413 g/mol. The minimum atomic E-state index is -0.406. The van der Waals surface area contributed by atoms with Gasteiger partial charge in [0.1, 0.15) is 5.82 Å². The summed E-state index contributed by atoms with van der Waals surface area (Å²) in [4.78, 5) is 27.0. The predicted molar refractivity (Wildman–Crippen MR) is 113 cm³/mol.